The first kappa shape index (κ1) is 8.72. The smallest absolute Gasteiger partial charge is 0.200 e. The molecule has 2 aromatic rings. The van der Waals surface area contributed by atoms with Crippen molar-refractivity contribution in [3.05, 3.63) is 18.0 Å². The van der Waals surface area contributed by atoms with Gasteiger partial charge in [-0.15, -0.1) is 10.2 Å². The maximum Gasteiger partial charge on any atom is 0.200 e. The number of nitrogens with two attached hydrogens (primary N) is 1. The van der Waals surface area contributed by atoms with Crippen LogP contribution in [0.2, 0.25) is 0 Å². The lowest BCUT2D eigenvalue weighted by molar-refractivity contribution is 0.565. The fraction of sp³-hybridized carbons (Fsp3) is 0.400. The van der Waals surface area contributed by atoms with Crippen molar-refractivity contribution in [3.8, 4) is 0 Å². The lowest BCUT2D eigenvalue weighted by Gasteiger charge is -2.06. The minimum Gasteiger partial charge on any atom is -0.270 e. The van der Waals surface area contributed by atoms with Crippen molar-refractivity contribution in [2.75, 3.05) is 0 Å². The van der Waals surface area contributed by atoms with Crippen molar-refractivity contribution in [2.45, 2.75) is 6.04 Å². The number of hydrogen-bond donors (Lipinski definition) is 3. The average Bonchev–Trinajstić information content (AvgIpc) is 2.79. The quantitative estimate of drug-likeness (QED) is 0.378. The molecule has 0 spiro atoms. The first-order valence-corrected chi connectivity index (χ1v) is 3.86. The summed E-state index contributed by atoms with van der Waals surface area (Å²) < 4.78 is 0. The second kappa shape index (κ2) is 3.47. The Labute approximate surface area is 78.7 Å². The Morgan fingerprint density at radius 1 is 1.64 bits per heavy atom. The summed E-state index contributed by atoms with van der Waals surface area (Å²) in [4.78, 5) is 5.29. The van der Waals surface area contributed by atoms with Crippen molar-refractivity contribution in [2.24, 2.45) is 12.9 Å². The van der Waals surface area contributed by atoms with Gasteiger partial charge in [0.2, 0.25) is 5.82 Å². The maximum atomic E-state index is 5.35. The van der Waals surface area contributed by atoms with Crippen LogP contribution in [0.1, 0.15) is 17.7 Å². The van der Waals surface area contributed by atoms with Crippen molar-refractivity contribution >= 4 is 0 Å². The molecule has 0 saturated heterocycles. The van der Waals surface area contributed by atoms with Gasteiger partial charge in [-0.25, -0.2) is 10.4 Å². The second-order valence-electron chi connectivity index (χ2n) is 2.61. The van der Waals surface area contributed by atoms with Crippen molar-refractivity contribution < 1.29 is 0 Å². The van der Waals surface area contributed by atoms with Gasteiger partial charge in [-0.3, -0.25) is 10.9 Å². The summed E-state index contributed by atoms with van der Waals surface area (Å²) in [6.07, 6.45) is 1.38. The molecule has 0 aliphatic carbocycles. The van der Waals surface area contributed by atoms with E-state index in [9.17, 15) is 0 Å². The third kappa shape index (κ3) is 1.45. The normalized spacial score (nSPS) is 13.0. The molecule has 0 radical (unpaired) electrons. The molecule has 0 bridgehead atoms. The highest BCUT2D eigenvalue weighted by Gasteiger charge is 2.19. The molecule has 1 atom stereocenters. The van der Waals surface area contributed by atoms with Crippen LogP contribution in [-0.4, -0.2) is 35.4 Å². The van der Waals surface area contributed by atoms with Crippen LogP contribution >= 0.6 is 0 Å². The van der Waals surface area contributed by atoms with Gasteiger partial charge >= 0.3 is 0 Å². The largest absolute Gasteiger partial charge is 0.270 e. The molecule has 4 N–H and O–H groups in total. The fourth-order valence-electron chi connectivity index (χ4n) is 1.04. The highest BCUT2D eigenvalue weighted by atomic mass is 15.6. The van der Waals surface area contributed by atoms with Crippen LogP contribution in [-0.2, 0) is 7.05 Å². The summed E-state index contributed by atoms with van der Waals surface area (Å²) in [5.74, 6) is 6.33. The van der Waals surface area contributed by atoms with E-state index >= 15 is 0 Å². The predicted molar refractivity (Wildman–Crippen MR) is 44.3 cm³/mol. The number of rotatable bonds is 3. The molecule has 0 aliphatic heterocycles. The molecule has 2 rings (SSSR count). The van der Waals surface area contributed by atoms with E-state index in [1.165, 1.54) is 11.1 Å². The fourth-order valence-corrected chi connectivity index (χ4v) is 1.04. The molecule has 0 aliphatic rings. The summed E-state index contributed by atoms with van der Waals surface area (Å²) in [6.45, 7) is 0. The highest BCUT2D eigenvalue weighted by Crippen LogP contribution is 2.10. The van der Waals surface area contributed by atoms with Gasteiger partial charge in [0.1, 0.15) is 12.4 Å². The minimum atomic E-state index is -0.425. The molecule has 0 fully saturated rings. The molecule has 1 unspecified atom stereocenters. The van der Waals surface area contributed by atoms with Crippen LogP contribution in [0.5, 0.6) is 0 Å². The number of aryl methyl sites for hydroxylation is 1. The zero-order valence-electron chi connectivity index (χ0n) is 7.42. The van der Waals surface area contributed by atoms with E-state index in [1.54, 1.807) is 7.05 Å². The molecule has 14 heavy (non-hydrogen) atoms. The lowest BCUT2D eigenvalue weighted by atomic mass is 10.3. The van der Waals surface area contributed by atoms with Gasteiger partial charge < -0.3 is 0 Å². The topological polar surface area (TPSA) is 123 Å². The number of aromatic nitrogens is 7. The van der Waals surface area contributed by atoms with Crippen LogP contribution in [0.3, 0.4) is 0 Å². The van der Waals surface area contributed by atoms with E-state index in [4.69, 9.17) is 5.84 Å². The molecule has 0 saturated carbocycles. The summed E-state index contributed by atoms with van der Waals surface area (Å²) in [7, 11) is 1.67. The number of hydrogen-bond acceptors (Lipinski definition) is 7. The predicted octanol–water partition coefficient (Wildman–Crippen LogP) is -2.12. The molecule has 9 heteroatoms. The van der Waals surface area contributed by atoms with E-state index in [2.05, 4.69) is 36.0 Å². The lowest BCUT2D eigenvalue weighted by Crippen LogP contribution is -2.30. The first-order chi connectivity index (χ1) is 6.81. The Morgan fingerprint density at radius 2 is 2.50 bits per heavy atom. The molecule has 2 heterocycles. The molecule has 0 aromatic carbocycles. The Kier molecular flexibility index (Phi) is 2.16. The molecular formula is C5H9N9. The molecule has 9 nitrogen and oxygen atoms in total. The average molecular weight is 195 g/mol. The Hall–Kier alpha value is -1.87. The third-order valence-corrected chi connectivity index (χ3v) is 1.66. The van der Waals surface area contributed by atoms with E-state index < -0.39 is 6.04 Å². The Morgan fingerprint density at radius 3 is 3.00 bits per heavy atom. The number of nitrogens with one attached hydrogen (secondary N) is 2. The number of nitrogens with zero attached hydrogens (tertiary/aromatic N) is 6. The van der Waals surface area contributed by atoms with Crippen molar-refractivity contribution in [1.29, 1.82) is 0 Å². The van der Waals surface area contributed by atoms with E-state index in [-0.39, 0.29) is 0 Å². The number of tetrazole rings is 1. The zero-order valence-corrected chi connectivity index (χ0v) is 7.42. The standard InChI is InChI=1S/C5H9N9/c1-14-12-5(11-13-14)3(9-6)4-7-2-8-10-4/h2-3,9H,6H2,1H3,(H,7,8,10). The number of aromatic amines is 1. The summed E-state index contributed by atoms with van der Waals surface area (Å²) in [5, 5.41) is 17.9. The van der Waals surface area contributed by atoms with Gasteiger partial charge in [0.25, 0.3) is 0 Å². The SMILES string of the molecule is Cn1nnc(C(NN)c2ncn[nH]2)n1. The van der Waals surface area contributed by atoms with Crippen LogP contribution in [0.4, 0.5) is 0 Å². The third-order valence-electron chi connectivity index (χ3n) is 1.66. The number of hydrazine groups is 1. The summed E-state index contributed by atoms with van der Waals surface area (Å²) >= 11 is 0. The van der Waals surface area contributed by atoms with Gasteiger partial charge in [0, 0.05) is 0 Å². The minimum absolute atomic E-state index is 0.425. The van der Waals surface area contributed by atoms with Gasteiger partial charge in [-0.2, -0.15) is 9.90 Å². The Bertz CT molecular complexity index is 389. The van der Waals surface area contributed by atoms with Crippen molar-refractivity contribution in [1.82, 2.24) is 40.8 Å². The summed E-state index contributed by atoms with van der Waals surface area (Å²) in [6, 6.07) is -0.425. The first-order valence-electron chi connectivity index (χ1n) is 3.86. The second-order valence-corrected chi connectivity index (χ2v) is 2.61. The van der Waals surface area contributed by atoms with Crippen LogP contribution < -0.4 is 11.3 Å². The monoisotopic (exact) mass is 195 g/mol. The van der Waals surface area contributed by atoms with Gasteiger partial charge in [0.15, 0.2) is 5.82 Å². The van der Waals surface area contributed by atoms with Crippen LogP contribution in [0, 0.1) is 0 Å². The number of H-pyrrole nitrogens is 1. The van der Waals surface area contributed by atoms with Gasteiger partial charge in [0.05, 0.1) is 7.05 Å². The van der Waals surface area contributed by atoms with Crippen molar-refractivity contribution in [3.63, 3.8) is 0 Å². The molecule has 2 aromatic heterocycles. The molecular weight excluding hydrogens is 186 g/mol. The van der Waals surface area contributed by atoms with E-state index in [1.807, 2.05) is 0 Å². The highest BCUT2D eigenvalue weighted by molar-refractivity contribution is 5.04. The van der Waals surface area contributed by atoms with E-state index in [0.29, 0.717) is 11.6 Å². The van der Waals surface area contributed by atoms with E-state index in [0.717, 1.165) is 0 Å². The van der Waals surface area contributed by atoms with Gasteiger partial charge in [-0.05, 0) is 5.21 Å². The van der Waals surface area contributed by atoms with Crippen LogP contribution in [0.15, 0.2) is 6.33 Å². The molecule has 74 valence electrons. The van der Waals surface area contributed by atoms with Gasteiger partial charge in [-0.1, -0.05) is 0 Å². The zero-order chi connectivity index (χ0) is 9.97. The molecule has 0 amide bonds. The Balaban J connectivity index is 2.31. The summed E-state index contributed by atoms with van der Waals surface area (Å²) in [5.41, 5.74) is 2.52. The maximum absolute atomic E-state index is 5.35. The van der Waals surface area contributed by atoms with Crippen LogP contribution in [0.25, 0.3) is 0 Å².